The van der Waals surface area contributed by atoms with Crippen molar-refractivity contribution in [2.24, 2.45) is 4.99 Å². The molecule has 0 saturated heterocycles. The lowest BCUT2D eigenvalue weighted by molar-refractivity contribution is 0.0862. The number of thiazole rings is 1. The van der Waals surface area contributed by atoms with Crippen molar-refractivity contribution >= 4 is 52.1 Å². The largest absolute Gasteiger partial charge is 0.323 e. The minimum Gasteiger partial charge on any atom is -0.323 e. The molecule has 0 radical (unpaired) electrons. The normalized spacial score (nSPS) is 14.1. The van der Waals surface area contributed by atoms with Gasteiger partial charge in [0.1, 0.15) is 4.88 Å². The summed E-state index contributed by atoms with van der Waals surface area (Å²) < 4.78 is 0. The molecule has 2 aromatic rings. The molecule has 0 bridgehead atoms. The van der Waals surface area contributed by atoms with Crippen LogP contribution in [0.5, 0.6) is 0 Å². The summed E-state index contributed by atoms with van der Waals surface area (Å²) in [5.74, 6) is 0.323. The Morgan fingerprint density at radius 2 is 2.09 bits per heavy atom. The molecule has 1 aliphatic rings. The van der Waals surface area contributed by atoms with E-state index in [0.29, 0.717) is 39.7 Å². The number of hydrogen-bond donors (Lipinski definition) is 1. The summed E-state index contributed by atoms with van der Waals surface area (Å²) in [6.07, 6.45) is 1.58. The van der Waals surface area contributed by atoms with Crippen LogP contribution in [0.4, 0.5) is 5.69 Å². The fraction of sp³-hybridized carbons (Fsp3) is 0.214. The van der Waals surface area contributed by atoms with Gasteiger partial charge in [0.05, 0.1) is 33.5 Å². The van der Waals surface area contributed by atoms with Crippen LogP contribution in [0.25, 0.3) is 0 Å². The standard InChI is InChI=1S/C14H12Cl2N4OS/c1-8-18-7-11(22-8)13(21)20-6-5-17-14(20)19-12-9(15)3-2-4-10(12)16/h2-4,7H,5-6H2,1H3,(H,17,19). The third-order valence-electron chi connectivity index (χ3n) is 3.12. The maximum absolute atomic E-state index is 12.5. The number of hydrogen-bond acceptors (Lipinski definition) is 5. The molecule has 5 nitrogen and oxygen atoms in total. The molecule has 0 unspecified atom stereocenters. The number of benzene rings is 1. The molecule has 0 saturated carbocycles. The average molecular weight is 355 g/mol. The fourth-order valence-corrected chi connectivity index (χ4v) is 3.29. The Kier molecular flexibility index (Phi) is 4.33. The Morgan fingerprint density at radius 1 is 1.36 bits per heavy atom. The predicted molar refractivity (Wildman–Crippen MR) is 90.3 cm³/mol. The molecular formula is C14H12Cl2N4OS. The number of carbonyl (C=O) groups excluding carboxylic acids is 1. The Morgan fingerprint density at radius 3 is 2.73 bits per heavy atom. The first-order chi connectivity index (χ1) is 10.6. The number of rotatable bonds is 2. The number of halogens is 2. The van der Waals surface area contributed by atoms with Gasteiger partial charge in [-0.15, -0.1) is 11.3 Å². The highest BCUT2D eigenvalue weighted by atomic mass is 35.5. The fourth-order valence-electron chi connectivity index (χ4n) is 2.07. The summed E-state index contributed by atoms with van der Waals surface area (Å²) in [6, 6.07) is 5.21. The molecule has 0 fully saturated rings. The van der Waals surface area contributed by atoms with Crippen LogP contribution in [-0.2, 0) is 0 Å². The van der Waals surface area contributed by atoms with Crippen LogP contribution in [0.1, 0.15) is 14.7 Å². The second kappa shape index (κ2) is 6.24. The van der Waals surface area contributed by atoms with Crippen molar-refractivity contribution in [1.82, 2.24) is 9.88 Å². The number of anilines is 1. The lowest BCUT2D eigenvalue weighted by Crippen LogP contribution is -2.38. The molecule has 1 amide bonds. The Balaban J connectivity index is 1.83. The van der Waals surface area contributed by atoms with E-state index in [9.17, 15) is 4.79 Å². The zero-order chi connectivity index (χ0) is 15.7. The monoisotopic (exact) mass is 354 g/mol. The number of carbonyl (C=O) groups is 1. The van der Waals surface area contributed by atoms with E-state index in [1.807, 2.05) is 6.92 Å². The number of nitrogens with one attached hydrogen (secondary N) is 1. The lowest BCUT2D eigenvalue weighted by Gasteiger charge is -2.19. The zero-order valence-corrected chi connectivity index (χ0v) is 14.0. The van der Waals surface area contributed by atoms with E-state index in [0.717, 1.165) is 5.01 Å². The van der Waals surface area contributed by atoms with Crippen molar-refractivity contribution in [3.05, 3.63) is 44.3 Å². The summed E-state index contributed by atoms with van der Waals surface area (Å²) in [7, 11) is 0. The second-order valence-corrected chi connectivity index (χ2v) is 6.68. The van der Waals surface area contributed by atoms with E-state index < -0.39 is 0 Å². The number of guanidine groups is 1. The molecule has 22 heavy (non-hydrogen) atoms. The topological polar surface area (TPSA) is 57.6 Å². The smallest absolute Gasteiger partial charge is 0.272 e. The van der Waals surface area contributed by atoms with Gasteiger partial charge >= 0.3 is 0 Å². The van der Waals surface area contributed by atoms with Crippen molar-refractivity contribution < 1.29 is 4.79 Å². The summed E-state index contributed by atoms with van der Waals surface area (Å²) in [5.41, 5.74) is 0.546. The van der Waals surface area contributed by atoms with Crippen molar-refractivity contribution in [2.75, 3.05) is 18.4 Å². The number of aliphatic imine (C=N–C) groups is 1. The van der Waals surface area contributed by atoms with Gasteiger partial charge in [-0.1, -0.05) is 29.3 Å². The van der Waals surface area contributed by atoms with Gasteiger partial charge in [-0.05, 0) is 19.1 Å². The van der Waals surface area contributed by atoms with Crippen molar-refractivity contribution in [2.45, 2.75) is 6.92 Å². The van der Waals surface area contributed by atoms with Gasteiger partial charge in [0.25, 0.3) is 5.91 Å². The van der Waals surface area contributed by atoms with Gasteiger partial charge in [-0.25, -0.2) is 4.98 Å². The van der Waals surface area contributed by atoms with E-state index in [-0.39, 0.29) is 5.91 Å². The first kappa shape index (κ1) is 15.3. The molecule has 0 atom stereocenters. The molecule has 1 aromatic carbocycles. The van der Waals surface area contributed by atoms with Gasteiger partial charge in [0.2, 0.25) is 5.96 Å². The van der Waals surface area contributed by atoms with Gasteiger partial charge in [-0.3, -0.25) is 14.7 Å². The van der Waals surface area contributed by atoms with Crippen LogP contribution in [-0.4, -0.2) is 34.8 Å². The molecule has 1 aliphatic heterocycles. The Hall–Kier alpha value is -1.63. The van der Waals surface area contributed by atoms with Gasteiger partial charge in [-0.2, -0.15) is 0 Å². The van der Waals surface area contributed by atoms with Crippen molar-refractivity contribution in [3.8, 4) is 0 Å². The number of nitrogens with zero attached hydrogens (tertiary/aromatic N) is 3. The average Bonchev–Trinajstić information content (AvgIpc) is 3.11. The van der Waals surface area contributed by atoms with Crippen molar-refractivity contribution in [3.63, 3.8) is 0 Å². The predicted octanol–water partition coefficient (Wildman–Crippen LogP) is 3.68. The summed E-state index contributed by atoms with van der Waals surface area (Å²) in [4.78, 5) is 23.1. The van der Waals surface area contributed by atoms with E-state index in [1.54, 1.807) is 29.3 Å². The highest BCUT2D eigenvalue weighted by molar-refractivity contribution is 7.13. The SMILES string of the molecule is Cc1ncc(C(=O)N2CCN=C2Nc2c(Cl)cccc2Cl)s1. The third kappa shape index (κ3) is 2.95. The number of para-hydroxylation sites is 1. The van der Waals surface area contributed by atoms with Crippen LogP contribution in [0.15, 0.2) is 29.4 Å². The Labute approximate surface area is 141 Å². The Bertz CT molecular complexity index is 739. The molecule has 0 spiro atoms. The lowest BCUT2D eigenvalue weighted by atomic mass is 10.3. The van der Waals surface area contributed by atoms with E-state index in [1.165, 1.54) is 11.3 Å². The summed E-state index contributed by atoms with van der Waals surface area (Å²) >= 11 is 13.6. The maximum atomic E-state index is 12.5. The molecule has 1 aromatic heterocycles. The van der Waals surface area contributed by atoms with Gasteiger partial charge in [0.15, 0.2) is 0 Å². The zero-order valence-electron chi connectivity index (χ0n) is 11.6. The van der Waals surface area contributed by atoms with Crippen LogP contribution in [0, 0.1) is 6.92 Å². The molecular weight excluding hydrogens is 343 g/mol. The first-order valence-corrected chi connectivity index (χ1v) is 8.13. The van der Waals surface area contributed by atoms with Crippen LogP contribution < -0.4 is 5.32 Å². The highest BCUT2D eigenvalue weighted by Gasteiger charge is 2.27. The minimum atomic E-state index is -0.127. The van der Waals surface area contributed by atoms with Crippen LogP contribution in [0.2, 0.25) is 10.0 Å². The third-order valence-corrected chi connectivity index (χ3v) is 4.65. The quantitative estimate of drug-likeness (QED) is 0.894. The molecule has 2 heterocycles. The molecule has 3 rings (SSSR count). The maximum Gasteiger partial charge on any atom is 0.272 e. The minimum absolute atomic E-state index is 0.127. The van der Waals surface area contributed by atoms with E-state index in [2.05, 4.69) is 15.3 Å². The first-order valence-electron chi connectivity index (χ1n) is 6.56. The van der Waals surface area contributed by atoms with E-state index >= 15 is 0 Å². The number of aromatic nitrogens is 1. The summed E-state index contributed by atoms with van der Waals surface area (Å²) in [5, 5.41) is 4.86. The summed E-state index contributed by atoms with van der Waals surface area (Å²) in [6.45, 7) is 2.91. The van der Waals surface area contributed by atoms with Gasteiger partial charge < -0.3 is 5.32 Å². The molecule has 114 valence electrons. The number of aryl methyl sites for hydroxylation is 1. The van der Waals surface area contributed by atoms with Crippen LogP contribution >= 0.6 is 34.5 Å². The molecule has 1 N–H and O–H groups in total. The highest BCUT2D eigenvalue weighted by Crippen LogP contribution is 2.30. The second-order valence-electron chi connectivity index (χ2n) is 4.63. The molecule has 0 aliphatic carbocycles. The number of amides is 1. The van der Waals surface area contributed by atoms with Gasteiger partial charge in [0, 0.05) is 6.54 Å². The van der Waals surface area contributed by atoms with Crippen LogP contribution in [0.3, 0.4) is 0 Å². The van der Waals surface area contributed by atoms with E-state index in [4.69, 9.17) is 23.2 Å². The van der Waals surface area contributed by atoms with Crippen molar-refractivity contribution in [1.29, 1.82) is 0 Å². The molecule has 8 heteroatoms.